The van der Waals surface area contributed by atoms with Crippen LogP contribution in [0.5, 0.6) is 5.75 Å². The Hall–Kier alpha value is -1.87. The Kier molecular flexibility index (Phi) is 4.53. The molecule has 0 spiro atoms. The Bertz CT molecular complexity index is 492. The molecule has 0 fully saturated rings. The number of pyridine rings is 1. The maximum absolute atomic E-state index is 5.46. The highest BCUT2D eigenvalue weighted by Gasteiger charge is 2.19. The van der Waals surface area contributed by atoms with Crippen LogP contribution in [0.2, 0.25) is 0 Å². The second kappa shape index (κ2) is 6.34. The van der Waals surface area contributed by atoms with Gasteiger partial charge in [-0.1, -0.05) is 31.2 Å². The summed E-state index contributed by atoms with van der Waals surface area (Å²) in [6, 6.07) is 12.2. The Morgan fingerprint density at radius 1 is 1.21 bits per heavy atom. The SMILES string of the molecule is CCc1cccnc1C(NC)c1ccccc1OC. The van der Waals surface area contributed by atoms with E-state index in [4.69, 9.17) is 4.74 Å². The van der Waals surface area contributed by atoms with E-state index in [0.29, 0.717) is 0 Å². The summed E-state index contributed by atoms with van der Waals surface area (Å²) in [6.07, 6.45) is 2.81. The Morgan fingerprint density at radius 2 is 2.00 bits per heavy atom. The molecular weight excluding hydrogens is 236 g/mol. The number of aromatic nitrogens is 1. The zero-order valence-electron chi connectivity index (χ0n) is 11.7. The fraction of sp³-hybridized carbons (Fsp3) is 0.312. The number of para-hydroxylation sites is 1. The van der Waals surface area contributed by atoms with E-state index in [-0.39, 0.29) is 6.04 Å². The molecule has 2 rings (SSSR count). The largest absolute Gasteiger partial charge is 0.496 e. The lowest BCUT2D eigenvalue weighted by atomic mass is 9.97. The maximum Gasteiger partial charge on any atom is 0.124 e. The second-order valence-corrected chi connectivity index (χ2v) is 4.36. The zero-order valence-corrected chi connectivity index (χ0v) is 11.7. The molecule has 1 unspecified atom stereocenters. The molecule has 19 heavy (non-hydrogen) atoms. The second-order valence-electron chi connectivity index (χ2n) is 4.36. The minimum absolute atomic E-state index is 0.0484. The van der Waals surface area contributed by atoms with Gasteiger partial charge in [-0.2, -0.15) is 0 Å². The topological polar surface area (TPSA) is 34.2 Å². The fourth-order valence-corrected chi connectivity index (χ4v) is 2.35. The van der Waals surface area contributed by atoms with Crippen LogP contribution in [0.4, 0.5) is 0 Å². The summed E-state index contributed by atoms with van der Waals surface area (Å²) in [4.78, 5) is 4.55. The first kappa shape index (κ1) is 13.6. The summed E-state index contributed by atoms with van der Waals surface area (Å²) >= 11 is 0. The first-order chi connectivity index (χ1) is 9.31. The maximum atomic E-state index is 5.46. The molecule has 0 radical (unpaired) electrons. The summed E-state index contributed by atoms with van der Waals surface area (Å²) in [7, 11) is 3.65. The van der Waals surface area contributed by atoms with Crippen molar-refractivity contribution in [1.29, 1.82) is 0 Å². The average Bonchev–Trinajstić information content (AvgIpc) is 2.49. The van der Waals surface area contributed by atoms with Gasteiger partial charge in [-0.15, -0.1) is 0 Å². The van der Waals surface area contributed by atoms with E-state index in [9.17, 15) is 0 Å². The van der Waals surface area contributed by atoms with E-state index in [2.05, 4.69) is 29.4 Å². The first-order valence-corrected chi connectivity index (χ1v) is 6.55. The predicted octanol–water partition coefficient (Wildman–Crippen LogP) is 2.96. The number of ether oxygens (including phenoxy) is 1. The molecule has 2 aromatic rings. The van der Waals surface area contributed by atoms with Gasteiger partial charge in [0.25, 0.3) is 0 Å². The van der Waals surface area contributed by atoms with Gasteiger partial charge in [0, 0.05) is 11.8 Å². The van der Waals surface area contributed by atoms with E-state index >= 15 is 0 Å². The molecule has 1 heterocycles. The molecule has 0 aliphatic rings. The molecular formula is C16H20N2O. The van der Waals surface area contributed by atoms with Crippen LogP contribution in [0.3, 0.4) is 0 Å². The highest BCUT2D eigenvalue weighted by atomic mass is 16.5. The van der Waals surface area contributed by atoms with Gasteiger partial charge in [-0.3, -0.25) is 4.98 Å². The third-order valence-corrected chi connectivity index (χ3v) is 3.32. The minimum atomic E-state index is 0.0484. The van der Waals surface area contributed by atoms with Crippen LogP contribution in [-0.4, -0.2) is 19.1 Å². The minimum Gasteiger partial charge on any atom is -0.496 e. The molecule has 0 aliphatic carbocycles. The van der Waals surface area contributed by atoms with Crippen molar-refractivity contribution in [2.24, 2.45) is 0 Å². The Labute approximate surface area is 114 Å². The lowest BCUT2D eigenvalue weighted by Gasteiger charge is -2.21. The van der Waals surface area contributed by atoms with Crippen molar-refractivity contribution in [2.75, 3.05) is 14.2 Å². The molecule has 0 saturated carbocycles. The monoisotopic (exact) mass is 256 g/mol. The average molecular weight is 256 g/mol. The number of nitrogens with one attached hydrogen (secondary N) is 1. The van der Waals surface area contributed by atoms with Crippen LogP contribution in [0, 0.1) is 0 Å². The quantitative estimate of drug-likeness (QED) is 0.893. The van der Waals surface area contributed by atoms with Gasteiger partial charge in [0.05, 0.1) is 18.8 Å². The molecule has 0 saturated heterocycles. The summed E-state index contributed by atoms with van der Waals surface area (Å²) in [5.74, 6) is 0.884. The lowest BCUT2D eigenvalue weighted by Crippen LogP contribution is -2.21. The molecule has 100 valence electrons. The molecule has 0 bridgehead atoms. The fourth-order valence-electron chi connectivity index (χ4n) is 2.35. The molecule has 3 nitrogen and oxygen atoms in total. The van der Waals surface area contributed by atoms with Gasteiger partial charge >= 0.3 is 0 Å². The molecule has 0 aliphatic heterocycles. The molecule has 3 heteroatoms. The van der Waals surface area contributed by atoms with Crippen molar-refractivity contribution in [3.8, 4) is 5.75 Å². The van der Waals surface area contributed by atoms with Gasteiger partial charge in [-0.05, 0) is 31.2 Å². The zero-order chi connectivity index (χ0) is 13.7. The molecule has 1 aromatic carbocycles. The van der Waals surface area contributed by atoms with Crippen molar-refractivity contribution in [3.63, 3.8) is 0 Å². The van der Waals surface area contributed by atoms with Crippen LogP contribution in [0.15, 0.2) is 42.6 Å². The van der Waals surface area contributed by atoms with E-state index in [1.54, 1.807) is 7.11 Å². The molecule has 1 atom stereocenters. The van der Waals surface area contributed by atoms with Gasteiger partial charge in [0.2, 0.25) is 0 Å². The standard InChI is InChI=1S/C16H20N2O/c1-4-12-8-7-11-18-15(12)16(17-2)13-9-5-6-10-14(13)19-3/h5-11,16-17H,4H2,1-3H3. The van der Waals surface area contributed by atoms with Crippen LogP contribution in [0.1, 0.15) is 29.8 Å². The predicted molar refractivity (Wildman–Crippen MR) is 77.5 cm³/mol. The summed E-state index contributed by atoms with van der Waals surface area (Å²) in [6.45, 7) is 2.15. The third kappa shape index (κ3) is 2.76. The summed E-state index contributed by atoms with van der Waals surface area (Å²) in [5, 5.41) is 3.34. The number of nitrogens with zero attached hydrogens (tertiary/aromatic N) is 1. The lowest BCUT2D eigenvalue weighted by molar-refractivity contribution is 0.405. The number of aryl methyl sites for hydroxylation is 1. The number of hydrogen-bond acceptors (Lipinski definition) is 3. The van der Waals surface area contributed by atoms with Crippen LogP contribution >= 0.6 is 0 Å². The number of rotatable bonds is 5. The van der Waals surface area contributed by atoms with Gasteiger partial charge in [0.1, 0.15) is 5.75 Å². The van der Waals surface area contributed by atoms with Crippen molar-refractivity contribution < 1.29 is 4.74 Å². The van der Waals surface area contributed by atoms with Gasteiger partial charge < -0.3 is 10.1 Å². The number of methoxy groups -OCH3 is 1. The summed E-state index contributed by atoms with van der Waals surface area (Å²) in [5.41, 5.74) is 3.44. The number of benzene rings is 1. The Morgan fingerprint density at radius 3 is 2.68 bits per heavy atom. The van der Waals surface area contributed by atoms with Gasteiger partial charge in [0.15, 0.2) is 0 Å². The van der Waals surface area contributed by atoms with Crippen LogP contribution < -0.4 is 10.1 Å². The van der Waals surface area contributed by atoms with Crippen LogP contribution in [-0.2, 0) is 6.42 Å². The van der Waals surface area contributed by atoms with E-state index in [0.717, 1.165) is 23.4 Å². The number of hydrogen-bond donors (Lipinski definition) is 1. The highest BCUT2D eigenvalue weighted by Crippen LogP contribution is 2.30. The van der Waals surface area contributed by atoms with Gasteiger partial charge in [-0.25, -0.2) is 0 Å². The van der Waals surface area contributed by atoms with E-state index in [1.807, 2.05) is 37.5 Å². The smallest absolute Gasteiger partial charge is 0.124 e. The van der Waals surface area contributed by atoms with E-state index in [1.165, 1.54) is 5.56 Å². The Balaban J connectivity index is 2.50. The molecule has 1 aromatic heterocycles. The van der Waals surface area contributed by atoms with Crippen molar-refractivity contribution in [3.05, 3.63) is 59.4 Å². The molecule has 1 N–H and O–H groups in total. The first-order valence-electron chi connectivity index (χ1n) is 6.55. The molecule has 0 amide bonds. The van der Waals surface area contributed by atoms with E-state index < -0.39 is 0 Å². The third-order valence-electron chi connectivity index (χ3n) is 3.32. The van der Waals surface area contributed by atoms with Crippen molar-refractivity contribution in [1.82, 2.24) is 10.3 Å². The van der Waals surface area contributed by atoms with Crippen molar-refractivity contribution >= 4 is 0 Å². The normalized spacial score (nSPS) is 12.2. The van der Waals surface area contributed by atoms with Crippen LogP contribution in [0.25, 0.3) is 0 Å². The summed E-state index contributed by atoms with van der Waals surface area (Å²) < 4.78 is 5.46. The van der Waals surface area contributed by atoms with Crippen molar-refractivity contribution in [2.45, 2.75) is 19.4 Å². The highest BCUT2D eigenvalue weighted by molar-refractivity contribution is 5.41.